The van der Waals surface area contributed by atoms with Crippen LogP contribution in [0.4, 0.5) is 5.69 Å². The zero-order chi connectivity index (χ0) is 18.8. The lowest BCUT2D eigenvalue weighted by Gasteiger charge is -2.27. The molecule has 0 radical (unpaired) electrons. The van der Waals surface area contributed by atoms with E-state index in [9.17, 15) is 9.59 Å². The molecule has 0 N–H and O–H groups in total. The highest BCUT2D eigenvalue weighted by molar-refractivity contribution is 6.42. The molecular weight excluding hydrogens is 360 g/mol. The van der Waals surface area contributed by atoms with Crippen molar-refractivity contribution in [3.05, 3.63) is 65.0 Å². The molecule has 0 spiro atoms. The SMILES string of the molecule is O=C(C=C1C(=O)N(CC2CCCCC2)c2cccc(Cl)c21)c1cccnc1. The van der Waals surface area contributed by atoms with E-state index in [-0.39, 0.29) is 11.7 Å². The van der Waals surface area contributed by atoms with Gasteiger partial charge in [-0.05, 0) is 49.1 Å². The van der Waals surface area contributed by atoms with Crippen LogP contribution < -0.4 is 4.90 Å². The molecule has 5 heteroatoms. The van der Waals surface area contributed by atoms with Crippen LogP contribution in [0.1, 0.15) is 48.0 Å². The van der Waals surface area contributed by atoms with Gasteiger partial charge in [-0.25, -0.2) is 0 Å². The summed E-state index contributed by atoms with van der Waals surface area (Å²) in [6.07, 6.45) is 10.5. The molecule has 1 aliphatic carbocycles. The first-order valence-electron chi connectivity index (χ1n) is 9.42. The fourth-order valence-corrected chi connectivity index (χ4v) is 4.30. The van der Waals surface area contributed by atoms with Gasteiger partial charge in [-0.15, -0.1) is 0 Å². The largest absolute Gasteiger partial charge is 0.307 e. The number of hydrogen-bond acceptors (Lipinski definition) is 3. The van der Waals surface area contributed by atoms with Crippen molar-refractivity contribution in [2.75, 3.05) is 11.4 Å². The predicted octanol–water partition coefficient (Wildman–Crippen LogP) is 4.93. The van der Waals surface area contributed by atoms with Gasteiger partial charge in [0.25, 0.3) is 5.91 Å². The van der Waals surface area contributed by atoms with E-state index in [1.807, 2.05) is 12.1 Å². The molecule has 4 rings (SSSR count). The van der Waals surface area contributed by atoms with Gasteiger partial charge in [0.05, 0.1) is 16.3 Å². The summed E-state index contributed by atoms with van der Waals surface area (Å²) in [5.74, 6) is 0.126. The number of amides is 1. The lowest BCUT2D eigenvalue weighted by molar-refractivity contribution is -0.113. The number of pyridine rings is 1. The van der Waals surface area contributed by atoms with Crippen LogP contribution in [0.2, 0.25) is 5.02 Å². The Balaban J connectivity index is 1.70. The molecule has 27 heavy (non-hydrogen) atoms. The maximum atomic E-state index is 13.2. The Bertz CT molecular complexity index is 902. The number of carbonyl (C=O) groups is 2. The number of carbonyl (C=O) groups excluding carboxylic acids is 2. The smallest absolute Gasteiger partial charge is 0.259 e. The van der Waals surface area contributed by atoms with E-state index >= 15 is 0 Å². The van der Waals surface area contributed by atoms with Crippen LogP contribution >= 0.6 is 11.6 Å². The Morgan fingerprint density at radius 3 is 2.74 bits per heavy atom. The number of benzene rings is 1. The van der Waals surface area contributed by atoms with Gasteiger partial charge in [0.1, 0.15) is 0 Å². The minimum Gasteiger partial charge on any atom is -0.307 e. The van der Waals surface area contributed by atoms with Crippen molar-refractivity contribution >= 4 is 34.6 Å². The lowest BCUT2D eigenvalue weighted by Crippen LogP contribution is -2.33. The van der Waals surface area contributed by atoms with Crippen molar-refractivity contribution in [1.82, 2.24) is 4.98 Å². The molecule has 1 aliphatic heterocycles. The van der Waals surface area contributed by atoms with Crippen LogP contribution in [0.3, 0.4) is 0 Å². The third-order valence-electron chi connectivity index (χ3n) is 5.41. The Morgan fingerprint density at radius 2 is 2.00 bits per heavy atom. The maximum Gasteiger partial charge on any atom is 0.259 e. The van der Waals surface area contributed by atoms with Gasteiger partial charge in [0, 0.05) is 30.1 Å². The molecule has 0 saturated heterocycles. The molecule has 2 aromatic rings. The summed E-state index contributed by atoms with van der Waals surface area (Å²) in [5.41, 5.74) is 2.30. The van der Waals surface area contributed by atoms with Gasteiger partial charge < -0.3 is 4.90 Å². The highest BCUT2D eigenvalue weighted by Gasteiger charge is 2.36. The number of nitrogens with zero attached hydrogens (tertiary/aromatic N) is 2. The van der Waals surface area contributed by atoms with E-state index in [0.29, 0.717) is 34.2 Å². The number of hydrogen-bond donors (Lipinski definition) is 0. The molecule has 4 nitrogen and oxygen atoms in total. The number of halogens is 1. The second kappa shape index (κ2) is 7.65. The molecule has 1 saturated carbocycles. The van der Waals surface area contributed by atoms with Crippen molar-refractivity contribution in [2.45, 2.75) is 32.1 Å². The zero-order valence-electron chi connectivity index (χ0n) is 15.0. The second-order valence-corrected chi connectivity index (χ2v) is 7.62. The number of ketones is 1. The molecular formula is C22H21ClN2O2. The van der Waals surface area contributed by atoms with Gasteiger partial charge >= 0.3 is 0 Å². The van der Waals surface area contributed by atoms with E-state index in [1.165, 1.54) is 31.5 Å². The van der Waals surface area contributed by atoms with Crippen LogP contribution in [0, 0.1) is 5.92 Å². The van der Waals surface area contributed by atoms with E-state index in [0.717, 1.165) is 18.5 Å². The summed E-state index contributed by atoms with van der Waals surface area (Å²) < 4.78 is 0. The molecule has 2 heterocycles. The van der Waals surface area contributed by atoms with Gasteiger partial charge in [-0.1, -0.05) is 36.9 Å². The van der Waals surface area contributed by atoms with Crippen molar-refractivity contribution in [2.24, 2.45) is 5.92 Å². The Morgan fingerprint density at radius 1 is 1.19 bits per heavy atom. The quantitative estimate of drug-likeness (QED) is 0.558. The average Bonchev–Trinajstić information content (AvgIpc) is 2.96. The molecule has 0 bridgehead atoms. The number of allylic oxidation sites excluding steroid dienone is 1. The van der Waals surface area contributed by atoms with Gasteiger partial charge in [-0.3, -0.25) is 14.6 Å². The van der Waals surface area contributed by atoms with Crippen LogP contribution in [-0.2, 0) is 4.79 Å². The van der Waals surface area contributed by atoms with E-state index in [2.05, 4.69) is 4.98 Å². The third-order valence-corrected chi connectivity index (χ3v) is 5.73. The first kappa shape index (κ1) is 17.9. The molecule has 1 aromatic carbocycles. The summed E-state index contributed by atoms with van der Waals surface area (Å²) in [6.45, 7) is 0.685. The Hall–Kier alpha value is -2.46. The highest BCUT2D eigenvalue weighted by Crippen LogP contribution is 2.42. The number of fused-ring (bicyclic) bond motifs is 1. The van der Waals surface area contributed by atoms with Crippen molar-refractivity contribution in [1.29, 1.82) is 0 Å². The second-order valence-electron chi connectivity index (χ2n) is 7.22. The molecule has 0 unspecified atom stereocenters. The summed E-state index contributed by atoms with van der Waals surface area (Å²) in [7, 11) is 0. The molecule has 0 atom stereocenters. The molecule has 1 fully saturated rings. The fourth-order valence-electron chi connectivity index (χ4n) is 4.03. The molecule has 1 aromatic heterocycles. The predicted molar refractivity (Wildman–Crippen MR) is 107 cm³/mol. The van der Waals surface area contributed by atoms with Crippen LogP contribution in [0.5, 0.6) is 0 Å². The number of aromatic nitrogens is 1. The first-order valence-corrected chi connectivity index (χ1v) is 9.80. The van der Waals surface area contributed by atoms with E-state index < -0.39 is 0 Å². The van der Waals surface area contributed by atoms with E-state index in [4.69, 9.17) is 11.6 Å². The topological polar surface area (TPSA) is 50.3 Å². The summed E-state index contributed by atoms with van der Waals surface area (Å²) in [5, 5.41) is 0.497. The minimum atomic E-state index is -0.239. The number of anilines is 1. The summed E-state index contributed by atoms with van der Waals surface area (Å²) in [6, 6.07) is 8.93. The highest BCUT2D eigenvalue weighted by atomic mass is 35.5. The average molecular weight is 381 g/mol. The lowest BCUT2D eigenvalue weighted by atomic mass is 9.89. The monoisotopic (exact) mass is 380 g/mol. The summed E-state index contributed by atoms with van der Waals surface area (Å²) >= 11 is 6.42. The van der Waals surface area contributed by atoms with Gasteiger partial charge in [0.15, 0.2) is 5.78 Å². The zero-order valence-corrected chi connectivity index (χ0v) is 15.8. The molecule has 138 valence electrons. The van der Waals surface area contributed by atoms with Crippen molar-refractivity contribution < 1.29 is 9.59 Å². The molecule has 1 amide bonds. The van der Waals surface area contributed by atoms with Crippen LogP contribution in [0.25, 0.3) is 5.57 Å². The van der Waals surface area contributed by atoms with Gasteiger partial charge in [0.2, 0.25) is 0 Å². The van der Waals surface area contributed by atoms with Crippen molar-refractivity contribution in [3.8, 4) is 0 Å². The first-order chi connectivity index (χ1) is 13.1. The Labute approximate surface area is 163 Å². The number of rotatable bonds is 4. The summed E-state index contributed by atoms with van der Waals surface area (Å²) in [4.78, 5) is 31.6. The van der Waals surface area contributed by atoms with Crippen LogP contribution in [-0.4, -0.2) is 23.2 Å². The fraction of sp³-hybridized carbons (Fsp3) is 0.318. The van der Waals surface area contributed by atoms with Gasteiger partial charge in [-0.2, -0.15) is 0 Å². The normalized spacial score (nSPS) is 18.8. The Kier molecular flexibility index (Phi) is 5.08. The maximum absolute atomic E-state index is 13.2. The van der Waals surface area contributed by atoms with E-state index in [1.54, 1.807) is 29.3 Å². The van der Waals surface area contributed by atoms with Crippen molar-refractivity contribution in [3.63, 3.8) is 0 Å². The minimum absolute atomic E-state index is 0.138. The third kappa shape index (κ3) is 3.54. The molecule has 2 aliphatic rings. The standard InChI is InChI=1S/C22H21ClN2O2/c23-18-9-4-10-19-21(18)17(12-20(26)16-8-5-11-24-13-16)22(27)25(19)14-15-6-2-1-3-7-15/h4-5,8-13,15H,1-3,6-7,14H2. The van der Waals surface area contributed by atoms with Crippen LogP contribution in [0.15, 0.2) is 48.8 Å².